The molecule has 2 N–H and O–H groups in total. The average molecular weight is 391 g/mol. The molecular weight excluding hydrogens is 352 g/mol. The molecule has 3 atom stereocenters. The third-order valence-corrected chi connectivity index (χ3v) is 5.30. The lowest BCUT2D eigenvalue weighted by Crippen LogP contribution is -2.27. The van der Waals surface area contributed by atoms with Gasteiger partial charge >= 0.3 is 5.97 Å². The van der Waals surface area contributed by atoms with Crippen molar-refractivity contribution in [3.05, 3.63) is 47.6 Å². The van der Waals surface area contributed by atoms with Crippen LogP contribution in [0.4, 0.5) is 0 Å². The average Bonchev–Trinajstić information content (AvgIpc) is 3.00. The number of unbranched alkanes of at least 4 members (excludes halogenated alkanes) is 1. The summed E-state index contributed by atoms with van der Waals surface area (Å²) in [6.07, 6.45) is 15.5. The maximum Gasteiger partial charge on any atom is 0.305 e. The van der Waals surface area contributed by atoms with E-state index in [2.05, 4.69) is 56.7 Å². The highest BCUT2D eigenvalue weighted by molar-refractivity contribution is 5.69. The summed E-state index contributed by atoms with van der Waals surface area (Å²) in [7, 11) is 1.41. The highest BCUT2D eigenvalue weighted by Crippen LogP contribution is 2.32. The lowest BCUT2D eigenvalue weighted by molar-refractivity contribution is -0.140. The molecule has 0 radical (unpaired) electrons. The second-order valence-electron chi connectivity index (χ2n) is 8.56. The predicted molar refractivity (Wildman–Crippen MR) is 115 cm³/mol. The van der Waals surface area contributed by atoms with Gasteiger partial charge in [-0.3, -0.25) is 4.79 Å². The standard InChI is InChI=1S/C24H38O4/c1-18(2)16-17-24(3,4)22(26)15-13-20-19(12-14-21(20)25)10-8-6-7-9-11-23(27)28-5/h6,8,12-13,15-16,20-22,25-26H,7,9-11,14,17H2,1-5H3/t20-,21-,22-/m1/s1. The van der Waals surface area contributed by atoms with E-state index in [0.717, 1.165) is 25.7 Å². The Labute approximate surface area is 170 Å². The van der Waals surface area contributed by atoms with Crippen LogP contribution in [0.1, 0.15) is 66.2 Å². The van der Waals surface area contributed by atoms with Crippen LogP contribution in [0, 0.1) is 11.3 Å². The number of esters is 1. The van der Waals surface area contributed by atoms with Crippen molar-refractivity contribution in [2.24, 2.45) is 11.3 Å². The molecule has 0 saturated carbocycles. The second kappa shape index (κ2) is 12.0. The molecule has 4 nitrogen and oxygen atoms in total. The second-order valence-corrected chi connectivity index (χ2v) is 8.56. The van der Waals surface area contributed by atoms with Crippen molar-refractivity contribution in [2.45, 2.75) is 78.4 Å². The Morgan fingerprint density at radius 2 is 2.07 bits per heavy atom. The molecule has 0 unspecified atom stereocenters. The van der Waals surface area contributed by atoms with E-state index < -0.39 is 12.2 Å². The van der Waals surface area contributed by atoms with Gasteiger partial charge in [-0.1, -0.05) is 61.4 Å². The summed E-state index contributed by atoms with van der Waals surface area (Å²) in [5.74, 6) is -0.222. The molecule has 0 heterocycles. The van der Waals surface area contributed by atoms with Crippen LogP contribution in [-0.2, 0) is 9.53 Å². The van der Waals surface area contributed by atoms with Gasteiger partial charge in [0.25, 0.3) is 0 Å². The van der Waals surface area contributed by atoms with Crippen LogP contribution < -0.4 is 0 Å². The lowest BCUT2D eigenvalue weighted by atomic mass is 9.81. The van der Waals surface area contributed by atoms with Crippen molar-refractivity contribution in [2.75, 3.05) is 7.11 Å². The smallest absolute Gasteiger partial charge is 0.305 e. The normalized spacial score (nSPS) is 21.2. The maximum atomic E-state index is 11.1. The molecule has 158 valence electrons. The Morgan fingerprint density at radius 1 is 1.36 bits per heavy atom. The highest BCUT2D eigenvalue weighted by Gasteiger charge is 2.28. The summed E-state index contributed by atoms with van der Waals surface area (Å²) < 4.78 is 4.63. The summed E-state index contributed by atoms with van der Waals surface area (Å²) in [4.78, 5) is 11.1. The van der Waals surface area contributed by atoms with Crippen LogP contribution in [0.3, 0.4) is 0 Å². The molecule has 0 aromatic carbocycles. The largest absolute Gasteiger partial charge is 0.469 e. The van der Waals surface area contributed by atoms with Gasteiger partial charge in [0.05, 0.1) is 19.3 Å². The minimum absolute atomic E-state index is 0.0476. The number of carbonyl (C=O) groups is 1. The SMILES string of the molecule is COC(=O)CCCC=CCC1=CC[C@@H](O)[C@@H]1C=C[C@@H](O)C(C)(C)CC=C(C)C. The summed E-state index contributed by atoms with van der Waals surface area (Å²) in [5.41, 5.74) is 2.18. The van der Waals surface area contributed by atoms with E-state index in [1.54, 1.807) is 0 Å². The van der Waals surface area contributed by atoms with Crippen molar-refractivity contribution in [3.8, 4) is 0 Å². The van der Waals surface area contributed by atoms with E-state index in [1.807, 2.05) is 12.2 Å². The summed E-state index contributed by atoms with van der Waals surface area (Å²) in [5, 5.41) is 20.9. The van der Waals surface area contributed by atoms with E-state index in [1.165, 1.54) is 18.3 Å². The Kier molecular flexibility index (Phi) is 10.5. The van der Waals surface area contributed by atoms with E-state index in [-0.39, 0.29) is 17.3 Å². The summed E-state index contributed by atoms with van der Waals surface area (Å²) in [6.45, 7) is 8.24. The van der Waals surface area contributed by atoms with Crippen molar-refractivity contribution >= 4 is 5.97 Å². The fourth-order valence-corrected chi connectivity index (χ4v) is 3.15. The topological polar surface area (TPSA) is 66.8 Å². The molecule has 0 aliphatic heterocycles. The lowest BCUT2D eigenvalue weighted by Gasteiger charge is -2.28. The molecule has 0 aromatic rings. The van der Waals surface area contributed by atoms with Gasteiger partial charge in [0.15, 0.2) is 0 Å². The quantitative estimate of drug-likeness (QED) is 0.300. The van der Waals surface area contributed by atoms with Crippen molar-refractivity contribution in [1.82, 2.24) is 0 Å². The zero-order valence-corrected chi connectivity index (χ0v) is 18.1. The molecule has 1 rings (SSSR count). The fraction of sp³-hybridized carbons (Fsp3) is 0.625. The molecule has 0 amide bonds. The van der Waals surface area contributed by atoms with Gasteiger partial charge < -0.3 is 14.9 Å². The molecule has 1 aliphatic rings. The van der Waals surface area contributed by atoms with Crippen LogP contribution in [0.2, 0.25) is 0 Å². The third kappa shape index (κ3) is 8.57. The molecule has 4 heteroatoms. The van der Waals surface area contributed by atoms with Gasteiger partial charge in [0.2, 0.25) is 0 Å². The first-order valence-corrected chi connectivity index (χ1v) is 10.3. The van der Waals surface area contributed by atoms with Gasteiger partial charge in [-0.05, 0) is 51.4 Å². The first kappa shape index (κ1) is 24.4. The molecule has 0 spiro atoms. The number of hydrogen-bond acceptors (Lipinski definition) is 4. The van der Waals surface area contributed by atoms with E-state index >= 15 is 0 Å². The molecule has 1 aliphatic carbocycles. The molecule has 0 aromatic heterocycles. The number of carbonyl (C=O) groups excluding carboxylic acids is 1. The van der Waals surface area contributed by atoms with Crippen LogP contribution in [0.15, 0.2) is 47.6 Å². The Balaban J connectivity index is 2.56. The number of allylic oxidation sites excluding steroid dienone is 4. The van der Waals surface area contributed by atoms with Crippen molar-refractivity contribution in [1.29, 1.82) is 0 Å². The highest BCUT2D eigenvalue weighted by atomic mass is 16.5. The number of methoxy groups -OCH3 is 1. The molecule has 0 bridgehead atoms. The third-order valence-electron chi connectivity index (χ3n) is 5.30. The van der Waals surface area contributed by atoms with Gasteiger partial charge in [0.1, 0.15) is 0 Å². The molecule has 28 heavy (non-hydrogen) atoms. The summed E-state index contributed by atoms with van der Waals surface area (Å²) >= 11 is 0. The van der Waals surface area contributed by atoms with Gasteiger partial charge in [-0.15, -0.1) is 0 Å². The van der Waals surface area contributed by atoms with Crippen molar-refractivity contribution in [3.63, 3.8) is 0 Å². The van der Waals surface area contributed by atoms with Gasteiger partial charge in [-0.25, -0.2) is 0 Å². The van der Waals surface area contributed by atoms with Crippen LogP contribution in [0.5, 0.6) is 0 Å². The van der Waals surface area contributed by atoms with Crippen LogP contribution in [0.25, 0.3) is 0 Å². The zero-order chi connectivity index (χ0) is 21.2. The molecule has 0 fully saturated rings. The number of rotatable bonds is 11. The number of aliphatic hydroxyl groups is 2. The zero-order valence-electron chi connectivity index (χ0n) is 18.1. The van der Waals surface area contributed by atoms with Crippen LogP contribution >= 0.6 is 0 Å². The predicted octanol–water partition coefficient (Wildman–Crippen LogP) is 4.88. The minimum atomic E-state index is -0.564. The van der Waals surface area contributed by atoms with Gasteiger partial charge in [0, 0.05) is 12.3 Å². The Bertz CT molecular complexity index is 606. The first-order valence-electron chi connectivity index (χ1n) is 10.3. The number of aliphatic hydroxyl groups excluding tert-OH is 2. The molecular formula is C24H38O4. The number of hydrogen-bond donors (Lipinski definition) is 2. The first-order chi connectivity index (χ1) is 13.2. The maximum absolute atomic E-state index is 11.1. The Hall–Kier alpha value is -1.65. The summed E-state index contributed by atoms with van der Waals surface area (Å²) in [6, 6.07) is 0. The number of ether oxygens (including phenoxy) is 1. The van der Waals surface area contributed by atoms with E-state index in [4.69, 9.17) is 0 Å². The van der Waals surface area contributed by atoms with Gasteiger partial charge in [-0.2, -0.15) is 0 Å². The molecule has 0 saturated heterocycles. The van der Waals surface area contributed by atoms with Crippen molar-refractivity contribution < 1.29 is 19.7 Å². The minimum Gasteiger partial charge on any atom is -0.469 e. The monoisotopic (exact) mass is 390 g/mol. The Morgan fingerprint density at radius 3 is 2.71 bits per heavy atom. The van der Waals surface area contributed by atoms with E-state index in [0.29, 0.717) is 12.8 Å². The van der Waals surface area contributed by atoms with Crippen LogP contribution in [-0.4, -0.2) is 35.5 Å². The fourth-order valence-electron chi connectivity index (χ4n) is 3.15. The van der Waals surface area contributed by atoms with E-state index in [9.17, 15) is 15.0 Å².